The molecule has 0 spiro atoms. The van der Waals surface area contributed by atoms with Crippen LogP contribution in [0.3, 0.4) is 0 Å². The van der Waals surface area contributed by atoms with E-state index in [0.29, 0.717) is 24.7 Å². The van der Waals surface area contributed by atoms with E-state index in [0.717, 1.165) is 6.54 Å². The fourth-order valence-electron chi connectivity index (χ4n) is 2.63. The second-order valence-corrected chi connectivity index (χ2v) is 5.36. The first-order chi connectivity index (χ1) is 8.08. The van der Waals surface area contributed by atoms with Crippen LogP contribution in [0.4, 0.5) is 0 Å². The van der Waals surface area contributed by atoms with Gasteiger partial charge in [-0.1, -0.05) is 20.8 Å². The molecule has 4 nitrogen and oxygen atoms in total. The molecule has 0 aromatic carbocycles. The normalized spacial score (nSPS) is 37.0. The van der Waals surface area contributed by atoms with Crippen molar-refractivity contribution in [1.82, 2.24) is 10.2 Å². The number of nitrogens with one attached hydrogen (secondary N) is 1. The van der Waals surface area contributed by atoms with E-state index >= 15 is 0 Å². The van der Waals surface area contributed by atoms with Crippen molar-refractivity contribution >= 4 is 11.8 Å². The van der Waals surface area contributed by atoms with Crippen molar-refractivity contribution in [3.8, 4) is 0 Å². The van der Waals surface area contributed by atoms with Gasteiger partial charge in [0.1, 0.15) is 12.1 Å². The highest BCUT2D eigenvalue weighted by atomic mass is 16.2. The second-order valence-electron chi connectivity index (χ2n) is 5.36. The molecule has 96 valence electrons. The fourth-order valence-corrected chi connectivity index (χ4v) is 2.63. The van der Waals surface area contributed by atoms with Gasteiger partial charge in [0.05, 0.1) is 0 Å². The zero-order chi connectivity index (χ0) is 12.6. The maximum Gasteiger partial charge on any atom is 0.245 e. The first-order valence-electron chi connectivity index (χ1n) is 6.69. The van der Waals surface area contributed by atoms with Crippen LogP contribution in [0.1, 0.15) is 40.0 Å². The third-order valence-electron chi connectivity index (χ3n) is 4.08. The number of hydrogen-bond acceptors (Lipinski definition) is 2. The Bertz CT molecular complexity index is 329. The van der Waals surface area contributed by atoms with Crippen LogP contribution >= 0.6 is 0 Å². The summed E-state index contributed by atoms with van der Waals surface area (Å²) >= 11 is 0. The van der Waals surface area contributed by atoms with Gasteiger partial charge in [-0.2, -0.15) is 0 Å². The van der Waals surface area contributed by atoms with Crippen LogP contribution in [0.2, 0.25) is 0 Å². The minimum atomic E-state index is -0.306. The lowest BCUT2D eigenvalue weighted by atomic mass is 10.0. The van der Waals surface area contributed by atoms with Gasteiger partial charge in [-0.15, -0.1) is 0 Å². The molecule has 0 aromatic heterocycles. The Morgan fingerprint density at radius 3 is 2.41 bits per heavy atom. The van der Waals surface area contributed by atoms with Crippen molar-refractivity contribution in [3.63, 3.8) is 0 Å². The molecule has 2 rings (SSSR count). The fraction of sp³-hybridized carbons (Fsp3) is 0.846. The molecular weight excluding hydrogens is 216 g/mol. The Morgan fingerprint density at radius 2 is 1.94 bits per heavy atom. The number of carbonyl (C=O) groups excluding carboxylic acids is 2. The number of nitrogens with zero attached hydrogens (tertiary/aromatic N) is 1. The van der Waals surface area contributed by atoms with E-state index in [1.807, 2.05) is 18.7 Å². The van der Waals surface area contributed by atoms with Crippen LogP contribution in [-0.4, -0.2) is 35.3 Å². The first-order valence-corrected chi connectivity index (χ1v) is 6.69. The first kappa shape index (κ1) is 12.4. The third-order valence-corrected chi connectivity index (χ3v) is 4.08. The Balaban J connectivity index is 2.10. The number of amides is 2. The standard InChI is InChI=1S/C13H22N2O2/c1-4-10-13(17)15(7-9-6-8(9)3)11(5-2)12(16)14-10/h8-11H,4-7H2,1-3H3,(H,14,16). The molecule has 0 bridgehead atoms. The topological polar surface area (TPSA) is 49.4 Å². The van der Waals surface area contributed by atoms with E-state index in [2.05, 4.69) is 12.2 Å². The predicted molar refractivity (Wildman–Crippen MR) is 65.3 cm³/mol. The smallest absolute Gasteiger partial charge is 0.245 e. The van der Waals surface area contributed by atoms with Crippen molar-refractivity contribution in [1.29, 1.82) is 0 Å². The van der Waals surface area contributed by atoms with Crippen molar-refractivity contribution in [3.05, 3.63) is 0 Å². The van der Waals surface area contributed by atoms with Crippen LogP contribution in [0, 0.1) is 11.8 Å². The predicted octanol–water partition coefficient (Wildman–Crippen LogP) is 1.16. The highest BCUT2D eigenvalue weighted by molar-refractivity contribution is 5.96. The van der Waals surface area contributed by atoms with Crippen LogP contribution in [-0.2, 0) is 9.59 Å². The monoisotopic (exact) mass is 238 g/mol. The van der Waals surface area contributed by atoms with Gasteiger partial charge in [-0.3, -0.25) is 9.59 Å². The molecule has 1 heterocycles. The molecule has 4 unspecified atom stereocenters. The molecule has 0 aromatic rings. The highest BCUT2D eigenvalue weighted by Gasteiger charge is 2.43. The molecule has 17 heavy (non-hydrogen) atoms. The number of hydrogen-bond donors (Lipinski definition) is 1. The summed E-state index contributed by atoms with van der Waals surface area (Å²) in [6.45, 7) is 6.88. The van der Waals surface area contributed by atoms with Gasteiger partial charge < -0.3 is 10.2 Å². The van der Waals surface area contributed by atoms with Crippen LogP contribution in [0.15, 0.2) is 0 Å². The number of carbonyl (C=O) groups is 2. The summed E-state index contributed by atoms with van der Waals surface area (Å²) in [6, 6.07) is -0.558. The Hall–Kier alpha value is -1.06. The summed E-state index contributed by atoms with van der Waals surface area (Å²) in [5.41, 5.74) is 0. The second kappa shape index (κ2) is 4.67. The molecule has 1 saturated heterocycles. The summed E-state index contributed by atoms with van der Waals surface area (Å²) in [7, 11) is 0. The van der Waals surface area contributed by atoms with Gasteiger partial charge in [-0.05, 0) is 31.1 Å². The van der Waals surface area contributed by atoms with Gasteiger partial charge in [0.15, 0.2) is 0 Å². The van der Waals surface area contributed by atoms with Crippen LogP contribution < -0.4 is 5.32 Å². The van der Waals surface area contributed by atoms with E-state index in [4.69, 9.17) is 0 Å². The summed E-state index contributed by atoms with van der Waals surface area (Å²) in [5, 5.41) is 2.82. The van der Waals surface area contributed by atoms with E-state index in [1.54, 1.807) is 0 Å². The van der Waals surface area contributed by atoms with Crippen LogP contribution in [0.5, 0.6) is 0 Å². The Morgan fingerprint density at radius 1 is 1.29 bits per heavy atom. The number of piperazine rings is 1. The summed E-state index contributed by atoms with van der Waals surface area (Å²) in [4.78, 5) is 26.0. The Labute approximate surface area is 103 Å². The van der Waals surface area contributed by atoms with Crippen molar-refractivity contribution < 1.29 is 9.59 Å². The van der Waals surface area contributed by atoms with Gasteiger partial charge in [0.25, 0.3) is 0 Å². The minimum Gasteiger partial charge on any atom is -0.343 e. The van der Waals surface area contributed by atoms with Gasteiger partial charge in [-0.25, -0.2) is 0 Å². The summed E-state index contributed by atoms with van der Waals surface area (Å²) < 4.78 is 0. The summed E-state index contributed by atoms with van der Waals surface area (Å²) in [5.74, 6) is 1.45. The highest BCUT2D eigenvalue weighted by Crippen LogP contribution is 2.39. The van der Waals surface area contributed by atoms with Gasteiger partial charge in [0.2, 0.25) is 11.8 Å². The van der Waals surface area contributed by atoms with Crippen LogP contribution in [0.25, 0.3) is 0 Å². The van der Waals surface area contributed by atoms with Gasteiger partial charge >= 0.3 is 0 Å². The molecule has 1 saturated carbocycles. The molecule has 2 amide bonds. The molecule has 2 aliphatic rings. The zero-order valence-corrected chi connectivity index (χ0v) is 10.9. The molecule has 1 aliphatic heterocycles. The lowest BCUT2D eigenvalue weighted by molar-refractivity contribution is -0.149. The zero-order valence-electron chi connectivity index (χ0n) is 10.9. The van der Waals surface area contributed by atoms with Crippen molar-refractivity contribution in [2.24, 2.45) is 11.8 Å². The average molecular weight is 238 g/mol. The Kier molecular flexibility index (Phi) is 3.40. The van der Waals surface area contributed by atoms with Gasteiger partial charge in [0, 0.05) is 6.54 Å². The molecule has 0 radical (unpaired) electrons. The molecular formula is C13H22N2O2. The minimum absolute atomic E-state index is 0.0206. The maximum absolute atomic E-state index is 12.3. The molecule has 4 heteroatoms. The van der Waals surface area contributed by atoms with Crippen molar-refractivity contribution in [2.75, 3.05) is 6.54 Å². The molecule has 1 aliphatic carbocycles. The van der Waals surface area contributed by atoms with E-state index in [1.165, 1.54) is 6.42 Å². The SMILES string of the molecule is CCC1NC(=O)C(CC)N(CC2CC2C)C1=O. The molecule has 1 N–H and O–H groups in total. The lowest BCUT2D eigenvalue weighted by Gasteiger charge is -2.38. The van der Waals surface area contributed by atoms with E-state index < -0.39 is 0 Å². The molecule has 2 fully saturated rings. The summed E-state index contributed by atoms with van der Waals surface area (Å²) in [6.07, 6.45) is 2.57. The average Bonchev–Trinajstić information content (AvgIpc) is 2.99. The maximum atomic E-state index is 12.3. The largest absolute Gasteiger partial charge is 0.343 e. The van der Waals surface area contributed by atoms with E-state index in [9.17, 15) is 9.59 Å². The quantitative estimate of drug-likeness (QED) is 0.799. The van der Waals surface area contributed by atoms with Crippen molar-refractivity contribution in [2.45, 2.75) is 52.1 Å². The van der Waals surface area contributed by atoms with E-state index in [-0.39, 0.29) is 23.9 Å². The lowest BCUT2D eigenvalue weighted by Crippen LogP contribution is -2.63. The number of rotatable bonds is 4. The molecule has 4 atom stereocenters. The third kappa shape index (κ3) is 2.31.